The minimum Gasteiger partial charge on any atom is -0.489 e. The van der Waals surface area contributed by atoms with Crippen molar-refractivity contribution in [2.45, 2.75) is 13.2 Å². The first-order valence-corrected chi connectivity index (χ1v) is 6.47. The average Bonchev–Trinajstić information content (AvgIpc) is 2.45. The van der Waals surface area contributed by atoms with Gasteiger partial charge in [0.2, 0.25) is 0 Å². The van der Waals surface area contributed by atoms with Crippen molar-refractivity contribution in [3.63, 3.8) is 0 Å². The molecule has 106 valence electrons. The highest BCUT2D eigenvalue weighted by molar-refractivity contribution is 5.49. The van der Waals surface area contributed by atoms with Gasteiger partial charge in [-0.3, -0.25) is 0 Å². The van der Waals surface area contributed by atoms with Gasteiger partial charge >= 0.3 is 0 Å². The largest absolute Gasteiger partial charge is 0.489 e. The van der Waals surface area contributed by atoms with Crippen LogP contribution in [0.3, 0.4) is 0 Å². The summed E-state index contributed by atoms with van der Waals surface area (Å²) in [6.07, 6.45) is 0. The summed E-state index contributed by atoms with van der Waals surface area (Å²) < 4.78 is 19.0. The Morgan fingerprint density at radius 1 is 1.10 bits per heavy atom. The van der Waals surface area contributed by atoms with E-state index < -0.39 is 0 Å². The quantitative estimate of drug-likeness (QED) is 0.911. The van der Waals surface area contributed by atoms with Crippen molar-refractivity contribution in [1.82, 2.24) is 0 Å². The van der Waals surface area contributed by atoms with E-state index in [9.17, 15) is 4.39 Å². The van der Waals surface area contributed by atoms with Crippen molar-refractivity contribution in [1.29, 1.82) is 0 Å². The van der Waals surface area contributed by atoms with Gasteiger partial charge in [-0.25, -0.2) is 4.39 Å². The molecule has 2 aromatic carbocycles. The Morgan fingerprint density at radius 2 is 1.90 bits per heavy atom. The zero-order valence-electron chi connectivity index (χ0n) is 11.8. The Kier molecular flexibility index (Phi) is 4.58. The Labute approximate surface area is 118 Å². The van der Waals surface area contributed by atoms with E-state index in [1.54, 1.807) is 6.07 Å². The van der Waals surface area contributed by atoms with Gasteiger partial charge in [-0.1, -0.05) is 12.1 Å². The molecule has 0 spiro atoms. The molecule has 0 aromatic heterocycles. The SMILES string of the molecule is CN(C)c1cccc(OCc2cc(F)ccc2CN)c1. The van der Waals surface area contributed by atoms with E-state index in [0.717, 1.165) is 22.6 Å². The average molecular weight is 274 g/mol. The molecule has 3 nitrogen and oxygen atoms in total. The van der Waals surface area contributed by atoms with E-state index in [1.165, 1.54) is 12.1 Å². The van der Waals surface area contributed by atoms with Crippen LogP contribution in [0.2, 0.25) is 0 Å². The standard InChI is InChI=1S/C16H19FN2O/c1-19(2)15-4-3-5-16(9-15)20-11-13-8-14(17)7-6-12(13)10-18/h3-9H,10-11,18H2,1-2H3. The summed E-state index contributed by atoms with van der Waals surface area (Å²) in [6.45, 7) is 0.678. The van der Waals surface area contributed by atoms with Gasteiger partial charge in [0.05, 0.1) is 0 Å². The number of hydrogen-bond donors (Lipinski definition) is 1. The second-order valence-electron chi connectivity index (χ2n) is 4.80. The van der Waals surface area contributed by atoms with Crippen molar-refractivity contribution < 1.29 is 9.13 Å². The molecule has 4 heteroatoms. The van der Waals surface area contributed by atoms with E-state index in [0.29, 0.717) is 13.2 Å². The zero-order chi connectivity index (χ0) is 14.5. The Bertz CT molecular complexity index is 584. The fraction of sp³-hybridized carbons (Fsp3) is 0.250. The second kappa shape index (κ2) is 6.39. The van der Waals surface area contributed by atoms with Crippen LogP contribution in [0, 0.1) is 5.82 Å². The maximum absolute atomic E-state index is 13.3. The molecule has 0 aliphatic heterocycles. The van der Waals surface area contributed by atoms with Gasteiger partial charge in [-0.15, -0.1) is 0 Å². The highest BCUT2D eigenvalue weighted by atomic mass is 19.1. The molecule has 0 radical (unpaired) electrons. The summed E-state index contributed by atoms with van der Waals surface area (Å²) in [5, 5.41) is 0. The molecule has 0 saturated heterocycles. The number of halogens is 1. The molecular weight excluding hydrogens is 255 g/mol. The van der Waals surface area contributed by atoms with Crippen LogP contribution < -0.4 is 15.4 Å². The van der Waals surface area contributed by atoms with Crippen LogP contribution >= 0.6 is 0 Å². The number of nitrogens with zero attached hydrogens (tertiary/aromatic N) is 1. The van der Waals surface area contributed by atoms with E-state index in [2.05, 4.69) is 0 Å². The third-order valence-electron chi connectivity index (χ3n) is 3.12. The van der Waals surface area contributed by atoms with Crippen molar-refractivity contribution in [3.8, 4) is 5.75 Å². The molecular formula is C16H19FN2O. The molecule has 0 bridgehead atoms. The van der Waals surface area contributed by atoms with Crippen LogP contribution in [0.4, 0.5) is 10.1 Å². The van der Waals surface area contributed by atoms with E-state index >= 15 is 0 Å². The lowest BCUT2D eigenvalue weighted by Gasteiger charge is -2.15. The molecule has 2 rings (SSSR count). The molecule has 2 N–H and O–H groups in total. The normalized spacial score (nSPS) is 10.4. The topological polar surface area (TPSA) is 38.5 Å². The zero-order valence-corrected chi connectivity index (χ0v) is 11.8. The maximum atomic E-state index is 13.3. The predicted molar refractivity (Wildman–Crippen MR) is 79.4 cm³/mol. The molecule has 2 aromatic rings. The lowest BCUT2D eigenvalue weighted by Crippen LogP contribution is -2.09. The fourth-order valence-electron chi connectivity index (χ4n) is 1.94. The first-order valence-electron chi connectivity index (χ1n) is 6.47. The van der Waals surface area contributed by atoms with Crippen molar-refractivity contribution in [2.75, 3.05) is 19.0 Å². The van der Waals surface area contributed by atoms with E-state index in [1.807, 2.05) is 43.3 Å². The minimum absolute atomic E-state index is 0.275. The highest BCUT2D eigenvalue weighted by Crippen LogP contribution is 2.21. The highest BCUT2D eigenvalue weighted by Gasteiger charge is 2.05. The molecule has 0 fully saturated rings. The number of anilines is 1. The van der Waals surface area contributed by atoms with Crippen LogP contribution in [-0.4, -0.2) is 14.1 Å². The molecule has 0 heterocycles. The van der Waals surface area contributed by atoms with Crippen molar-refractivity contribution >= 4 is 5.69 Å². The summed E-state index contributed by atoms with van der Waals surface area (Å²) in [5.74, 6) is 0.478. The van der Waals surface area contributed by atoms with Gasteiger partial charge in [-0.2, -0.15) is 0 Å². The van der Waals surface area contributed by atoms with Gasteiger partial charge in [0, 0.05) is 32.4 Å². The van der Waals surface area contributed by atoms with Crippen LogP contribution in [0.25, 0.3) is 0 Å². The molecule has 0 aliphatic rings. The van der Waals surface area contributed by atoms with Crippen LogP contribution in [0.1, 0.15) is 11.1 Å². The Hall–Kier alpha value is -2.07. The summed E-state index contributed by atoms with van der Waals surface area (Å²) in [5.41, 5.74) is 8.38. The Balaban J connectivity index is 2.12. The van der Waals surface area contributed by atoms with E-state index in [-0.39, 0.29) is 5.82 Å². The smallest absolute Gasteiger partial charge is 0.123 e. The lowest BCUT2D eigenvalue weighted by molar-refractivity contribution is 0.304. The summed E-state index contributed by atoms with van der Waals surface area (Å²) in [6, 6.07) is 12.3. The fourth-order valence-corrected chi connectivity index (χ4v) is 1.94. The second-order valence-corrected chi connectivity index (χ2v) is 4.80. The third kappa shape index (κ3) is 3.48. The van der Waals surface area contributed by atoms with Gasteiger partial charge in [0.15, 0.2) is 0 Å². The van der Waals surface area contributed by atoms with Crippen LogP contribution in [0.15, 0.2) is 42.5 Å². The number of rotatable bonds is 5. The molecule has 0 amide bonds. The maximum Gasteiger partial charge on any atom is 0.123 e. The summed E-state index contributed by atoms with van der Waals surface area (Å²) in [7, 11) is 3.94. The number of nitrogens with two attached hydrogens (primary N) is 1. The number of ether oxygens (including phenoxy) is 1. The third-order valence-corrected chi connectivity index (χ3v) is 3.12. The predicted octanol–water partition coefficient (Wildman–Crippen LogP) is 2.93. The monoisotopic (exact) mass is 274 g/mol. The van der Waals surface area contributed by atoms with Gasteiger partial charge in [0.1, 0.15) is 18.2 Å². The van der Waals surface area contributed by atoms with Crippen LogP contribution in [-0.2, 0) is 13.2 Å². The van der Waals surface area contributed by atoms with Gasteiger partial charge < -0.3 is 15.4 Å². The lowest BCUT2D eigenvalue weighted by atomic mass is 10.1. The first-order chi connectivity index (χ1) is 9.60. The van der Waals surface area contributed by atoms with Crippen molar-refractivity contribution in [3.05, 3.63) is 59.4 Å². The van der Waals surface area contributed by atoms with Gasteiger partial charge in [-0.05, 0) is 35.4 Å². The van der Waals surface area contributed by atoms with Gasteiger partial charge in [0.25, 0.3) is 0 Å². The minimum atomic E-state index is -0.275. The molecule has 0 saturated carbocycles. The number of hydrogen-bond acceptors (Lipinski definition) is 3. The number of benzene rings is 2. The molecule has 0 unspecified atom stereocenters. The summed E-state index contributed by atoms with van der Waals surface area (Å²) in [4.78, 5) is 2.00. The first kappa shape index (κ1) is 14.3. The molecule has 20 heavy (non-hydrogen) atoms. The van der Waals surface area contributed by atoms with Crippen LogP contribution in [0.5, 0.6) is 5.75 Å². The molecule has 0 aliphatic carbocycles. The molecule has 0 atom stereocenters. The Morgan fingerprint density at radius 3 is 2.60 bits per heavy atom. The summed E-state index contributed by atoms with van der Waals surface area (Å²) >= 11 is 0. The van der Waals surface area contributed by atoms with Crippen molar-refractivity contribution in [2.24, 2.45) is 5.73 Å². The van der Waals surface area contributed by atoms with E-state index in [4.69, 9.17) is 10.5 Å².